The van der Waals surface area contributed by atoms with E-state index in [0.29, 0.717) is 0 Å². The predicted molar refractivity (Wildman–Crippen MR) is 91.0 cm³/mol. The largest absolute Gasteiger partial charge is 0.467 e. The number of rotatable bonds is 1. The quantitative estimate of drug-likeness (QED) is 0.737. The highest BCUT2D eigenvalue weighted by Crippen LogP contribution is 2.46. The van der Waals surface area contributed by atoms with E-state index in [2.05, 4.69) is 71.2 Å². The summed E-state index contributed by atoms with van der Waals surface area (Å²) >= 11 is 3.48. The molecule has 1 atom stereocenters. The van der Waals surface area contributed by atoms with Gasteiger partial charge in [0.15, 0.2) is 5.72 Å². The molecule has 0 spiro atoms. The Balaban J connectivity index is 1.76. The second-order valence-electron chi connectivity index (χ2n) is 6.20. The van der Waals surface area contributed by atoms with E-state index in [4.69, 9.17) is 9.84 Å². The lowest BCUT2D eigenvalue weighted by Gasteiger charge is -2.43. The van der Waals surface area contributed by atoms with Gasteiger partial charge in [0.05, 0.1) is 11.8 Å². The molecule has 22 heavy (non-hydrogen) atoms. The molecule has 0 bridgehead atoms. The maximum absolute atomic E-state index is 6.15. The second kappa shape index (κ2) is 4.85. The predicted octanol–water partition coefficient (Wildman–Crippen LogP) is 4.73. The summed E-state index contributed by atoms with van der Waals surface area (Å²) in [6.45, 7) is 4.15. The molecule has 2 aliphatic heterocycles. The van der Waals surface area contributed by atoms with Gasteiger partial charge in [-0.2, -0.15) is 5.10 Å². The lowest BCUT2D eigenvalue weighted by molar-refractivity contribution is -0.0911. The van der Waals surface area contributed by atoms with E-state index in [1.165, 1.54) is 11.1 Å². The zero-order valence-corrected chi connectivity index (χ0v) is 14.2. The summed E-state index contributed by atoms with van der Waals surface area (Å²) in [5, 5.41) is 6.98. The molecule has 0 N–H and O–H groups in total. The summed E-state index contributed by atoms with van der Waals surface area (Å²) < 4.78 is 7.23. The highest BCUT2D eigenvalue weighted by atomic mass is 79.9. The van der Waals surface area contributed by atoms with Gasteiger partial charge in [-0.05, 0) is 37.6 Å². The smallest absolute Gasteiger partial charge is 0.192 e. The topological polar surface area (TPSA) is 24.8 Å². The maximum atomic E-state index is 6.15. The Labute approximate surface area is 138 Å². The molecule has 0 radical (unpaired) electrons. The van der Waals surface area contributed by atoms with Gasteiger partial charge in [-0.25, -0.2) is 5.01 Å². The molecule has 2 aromatic carbocycles. The molecule has 112 valence electrons. The van der Waals surface area contributed by atoms with Crippen molar-refractivity contribution < 1.29 is 4.74 Å². The van der Waals surface area contributed by atoms with Gasteiger partial charge in [-0.3, -0.25) is 0 Å². The third-order valence-electron chi connectivity index (χ3n) is 4.28. The van der Waals surface area contributed by atoms with Crippen molar-refractivity contribution in [1.29, 1.82) is 0 Å². The van der Waals surface area contributed by atoms with Crippen LogP contribution in [0.15, 0.2) is 58.1 Å². The SMILES string of the molecule is CC1(C)Oc2ccccc2[C@@H]2CC(c3ccc(Br)cc3)=NN21. The van der Waals surface area contributed by atoms with E-state index in [1.807, 2.05) is 12.1 Å². The van der Waals surface area contributed by atoms with Crippen LogP contribution >= 0.6 is 15.9 Å². The third-order valence-corrected chi connectivity index (χ3v) is 4.81. The average Bonchev–Trinajstić information content (AvgIpc) is 2.94. The monoisotopic (exact) mass is 356 g/mol. The van der Waals surface area contributed by atoms with Crippen molar-refractivity contribution in [2.75, 3.05) is 0 Å². The van der Waals surface area contributed by atoms with Crippen molar-refractivity contribution in [1.82, 2.24) is 5.01 Å². The Morgan fingerprint density at radius 3 is 2.64 bits per heavy atom. The van der Waals surface area contributed by atoms with Gasteiger partial charge in [0.1, 0.15) is 5.75 Å². The van der Waals surface area contributed by atoms with Gasteiger partial charge in [0, 0.05) is 16.5 Å². The molecule has 4 rings (SSSR count). The zero-order valence-electron chi connectivity index (χ0n) is 12.6. The van der Waals surface area contributed by atoms with Crippen molar-refractivity contribution in [3.63, 3.8) is 0 Å². The van der Waals surface area contributed by atoms with Crippen LogP contribution in [0.25, 0.3) is 0 Å². The molecule has 0 unspecified atom stereocenters. The molecule has 2 aromatic rings. The Morgan fingerprint density at radius 1 is 1.14 bits per heavy atom. The summed E-state index contributed by atoms with van der Waals surface area (Å²) in [7, 11) is 0. The van der Waals surface area contributed by atoms with Crippen LogP contribution < -0.4 is 4.74 Å². The van der Waals surface area contributed by atoms with E-state index in [-0.39, 0.29) is 6.04 Å². The number of halogens is 1. The fourth-order valence-electron chi connectivity index (χ4n) is 3.23. The van der Waals surface area contributed by atoms with Crippen LogP contribution in [0.3, 0.4) is 0 Å². The first-order valence-electron chi connectivity index (χ1n) is 7.45. The molecule has 0 amide bonds. The van der Waals surface area contributed by atoms with Crippen molar-refractivity contribution in [3.05, 3.63) is 64.1 Å². The molecule has 4 heteroatoms. The Kier molecular flexibility index (Phi) is 3.05. The van der Waals surface area contributed by atoms with Crippen LogP contribution in [0.2, 0.25) is 0 Å². The van der Waals surface area contributed by atoms with Crippen LogP contribution in [0.5, 0.6) is 5.75 Å². The van der Waals surface area contributed by atoms with E-state index < -0.39 is 5.72 Å². The van der Waals surface area contributed by atoms with Gasteiger partial charge in [0.2, 0.25) is 0 Å². The minimum atomic E-state index is -0.434. The maximum Gasteiger partial charge on any atom is 0.192 e. The normalized spacial score (nSPS) is 21.7. The van der Waals surface area contributed by atoms with E-state index in [1.54, 1.807) is 0 Å². The van der Waals surface area contributed by atoms with Gasteiger partial charge in [-0.1, -0.05) is 46.3 Å². The van der Waals surface area contributed by atoms with Crippen molar-refractivity contribution in [2.45, 2.75) is 32.0 Å². The number of hydrogen-bond donors (Lipinski definition) is 0. The van der Waals surface area contributed by atoms with Crippen molar-refractivity contribution >= 4 is 21.6 Å². The molecule has 3 nitrogen and oxygen atoms in total. The number of fused-ring (bicyclic) bond motifs is 3. The molecule has 2 heterocycles. The van der Waals surface area contributed by atoms with Crippen LogP contribution in [0.4, 0.5) is 0 Å². The molecule has 0 saturated heterocycles. The van der Waals surface area contributed by atoms with Crippen molar-refractivity contribution in [3.8, 4) is 5.75 Å². The molecular weight excluding hydrogens is 340 g/mol. The first-order valence-corrected chi connectivity index (χ1v) is 8.24. The van der Waals surface area contributed by atoms with Gasteiger partial charge in [-0.15, -0.1) is 0 Å². The summed E-state index contributed by atoms with van der Waals surface area (Å²) in [6, 6.07) is 16.9. The minimum Gasteiger partial charge on any atom is -0.467 e. The van der Waals surface area contributed by atoms with Crippen molar-refractivity contribution in [2.24, 2.45) is 5.10 Å². The van der Waals surface area contributed by atoms with Crippen LogP contribution in [0.1, 0.15) is 37.4 Å². The van der Waals surface area contributed by atoms with E-state index in [0.717, 1.165) is 22.4 Å². The van der Waals surface area contributed by atoms with Gasteiger partial charge < -0.3 is 4.74 Å². The first kappa shape index (κ1) is 13.8. The zero-order chi connectivity index (χ0) is 15.3. The number of ether oxygens (including phenoxy) is 1. The molecule has 0 aliphatic carbocycles. The van der Waals surface area contributed by atoms with Crippen LogP contribution in [0, 0.1) is 0 Å². The van der Waals surface area contributed by atoms with E-state index in [9.17, 15) is 0 Å². The van der Waals surface area contributed by atoms with Gasteiger partial charge >= 0.3 is 0 Å². The van der Waals surface area contributed by atoms with Gasteiger partial charge in [0.25, 0.3) is 0 Å². The summed E-state index contributed by atoms with van der Waals surface area (Å²) in [5.74, 6) is 0.973. The highest BCUT2D eigenvalue weighted by Gasteiger charge is 2.44. The Hall–Kier alpha value is -1.81. The average molecular weight is 357 g/mol. The fourth-order valence-corrected chi connectivity index (χ4v) is 3.49. The number of hydrazone groups is 1. The molecule has 0 saturated carbocycles. The lowest BCUT2D eigenvalue weighted by Crippen LogP contribution is -2.48. The van der Waals surface area contributed by atoms with Crippen LogP contribution in [-0.4, -0.2) is 16.4 Å². The first-order chi connectivity index (χ1) is 10.5. The fraction of sp³-hybridized carbons (Fsp3) is 0.278. The highest BCUT2D eigenvalue weighted by molar-refractivity contribution is 9.10. The summed E-state index contributed by atoms with van der Waals surface area (Å²) in [6.07, 6.45) is 0.908. The second-order valence-corrected chi connectivity index (χ2v) is 7.12. The number of hydrogen-bond acceptors (Lipinski definition) is 3. The molecule has 2 aliphatic rings. The summed E-state index contributed by atoms with van der Waals surface area (Å²) in [5.41, 5.74) is 3.07. The molecular formula is C18H17BrN2O. The number of benzene rings is 2. The molecule has 0 fully saturated rings. The summed E-state index contributed by atoms with van der Waals surface area (Å²) in [4.78, 5) is 0. The standard InChI is InChI=1S/C18H17BrN2O/c1-18(2)21-16(14-5-3-4-6-17(14)22-18)11-15(20-21)12-7-9-13(19)10-8-12/h3-10,16H,11H2,1-2H3/t16-/m0/s1. The lowest BCUT2D eigenvalue weighted by atomic mass is 9.95. The third kappa shape index (κ3) is 2.13. The number of nitrogens with zero attached hydrogens (tertiary/aromatic N) is 2. The number of para-hydroxylation sites is 1. The van der Waals surface area contributed by atoms with E-state index >= 15 is 0 Å². The minimum absolute atomic E-state index is 0.249. The van der Waals surface area contributed by atoms with Crippen LogP contribution in [-0.2, 0) is 0 Å². The molecule has 0 aromatic heterocycles. The Morgan fingerprint density at radius 2 is 1.86 bits per heavy atom. The Bertz CT molecular complexity index is 752.